The molecule has 0 N–H and O–H groups in total. The first-order chi connectivity index (χ1) is 13.0. The van der Waals surface area contributed by atoms with Crippen molar-refractivity contribution >= 4 is 17.5 Å². The molecule has 7 heteroatoms. The molecule has 4 nitrogen and oxygen atoms in total. The average molecular weight is 394 g/mol. The lowest BCUT2D eigenvalue weighted by Crippen LogP contribution is -2.44. The lowest BCUT2D eigenvalue weighted by molar-refractivity contribution is -0.132. The molecule has 1 amide bonds. The molecule has 0 bridgehead atoms. The average Bonchev–Trinajstić information content (AvgIpc) is 3.34. The van der Waals surface area contributed by atoms with Crippen LogP contribution in [0.2, 0.25) is 0 Å². The van der Waals surface area contributed by atoms with Gasteiger partial charge in [-0.25, -0.2) is 13.8 Å². The summed E-state index contributed by atoms with van der Waals surface area (Å²) in [4.78, 5) is 18.3. The third-order valence-electron chi connectivity index (χ3n) is 6.00. The lowest BCUT2D eigenvalue weighted by Gasteiger charge is -2.35. The number of fused-ring (bicyclic) bond motifs is 2. The third-order valence-corrected chi connectivity index (χ3v) is 6.22. The Morgan fingerprint density at radius 2 is 2.11 bits per heavy atom. The number of halogens is 3. The largest absolute Gasteiger partial charge is 0.334 e. The Morgan fingerprint density at radius 1 is 1.33 bits per heavy atom. The molecule has 1 unspecified atom stereocenters. The first-order valence-corrected chi connectivity index (χ1v) is 9.87. The molecule has 1 aromatic carbocycles. The number of aromatic nitrogens is 2. The fourth-order valence-corrected chi connectivity index (χ4v) is 4.64. The van der Waals surface area contributed by atoms with Crippen LogP contribution in [0.25, 0.3) is 0 Å². The summed E-state index contributed by atoms with van der Waals surface area (Å²) >= 11 is 5.84. The van der Waals surface area contributed by atoms with Crippen LogP contribution in [0.1, 0.15) is 40.8 Å². The lowest BCUT2D eigenvalue weighted by atomic mass is 9.95. The van der Waals surface area contributed by atoms with Crippen molar-refractivity contribution in [2.75, 3.05) is 5.88 Å². The number of hydrogen-bond donors (Lipinski definition) is 0. The van der Waals surface area contributed by atoms with Gasteiger partial charge in [0, 0.05) is 43.0 Å². The van der Waals surface area contributed by atoms with E-state index in [0.29, 0.717) is 18.4 Å². The Bertz CT molecular complexity index is 896. The number of amides is 1. The number of benzene rings is 1. The van der Waals surface area contributed by atoms with Crippen LogP contribution in [0.3, 0.4) is 0 Å². The summed E-state index contributed by atoms with van der Waals surface area (Å²) in [6, 6.07) is -0.101. The number of rotatable bonds is 4. The van der Waals surface area contributed by atoms with Crippen molar-refractivity contribution in [1.29, 1.82) is 0 Å². The minimum Gasteiger partial charge on any atom is -0.334 e. The fraction of sp³-hybridized carbons (Fsp3) is 0.500. The topological polar surface area (TPSA) is 38.1 Å². The van der Waals surface area contributed by atoms with E-state index >= 15 is 0 Å². The molecule has 1 aliphatic carbocycles. The molecule has 0 spiro atoms. The van der Waals surface area contributed by atoms with Gasteiger partial charge in [-0.05, 0) is 49.3 Å². The summed E-state index contributed by atoms with van der Waals surface area (Å²) in [6.07, 6.45) is 7.12. The molecule has 2 aromatic rings. The molecule has 27 heavy (non-hydrogen) atoms. The zero-order valence-electron chi connectivity index (χ0n) is 15.3. The van der Waals surface area contributed by atoms with E-state index in [9.17, 15) is 13.6 Å². The molecule has 0 saturated heterocycles. The molecule has 2 aliphatic rings. The number of carbonyl (C=O) groups is 1. The van der Waals surface area contributed by atoms with Crippen LogP contribution >= 0.6 is 11.6 Å². The SMILES string of the molecule is Cc1c(CN(C(=O)CCl)C2CCn3cncc3C2)c(F)c(F)c2c1CCC2. The zero-order chi connectivity index (χ0) is 19.1. The van der Waals surface area contributed by atoms with Crippen molar-refractivity contribution in [3.8, 4) is 0 Å². The van der Waals surface area contributed by atoms with Crippen LogP contribution in [-0.4, -0.2) is 32.3 Å². The maximum absolute atomic E-state index is 14.8. The zero-order valence-corrected chi connectivity index (χ0v) is 16.0. The van der Waals surface area contributed by atoms with E-state index in [1.807, 2.05) is 6.92 Å². The van der Waals surface area contributed by atoms with Gasteiger partial charge in [0.1, 0.15) is 5.88 Å². The van der Waals surface area contributed by atoms with Gasteiger partial charge in [0.15, 0.2) is 11.6 Å². The second kappa shape index (κ2) is 7.23. The Labute approximate surface area is 162 Å². The molecule has 0 fully saturated rings. The second-order valence-electron chi connectivity index (χ2n) is 7.42. The molecular weight excluding hydrogens is 372 g/mol. The standard InChI is InChI=1S/C20H22ClF2N3O/c1-12-15-3-2-4-16(15)19(22)20(23)17(12)10-26(18(27)8-21)13-5-6-25-11-24-9-14(25)7-13/h9,11,13H,2-8,10H2,1H3. The van der Waals surface area contributed by atoms with Gasteiger partial charge in [0.2, 0.25) is 5.91 Å². The van der Waals surface area contributed by atoms with Crippen LogP contribution in [-0.2, 0) is 37.1 Å². The molecule has 0 saturated carbocycles. The van der Waals surface area contributed by atoms with Gasteiger partial charge in [-0.15, -0.1) is 11.6 Å². The van der Waals surface area contributed by atoms with Crippen molar-refractivity contribution in [2.45, 2.75) is 58.2 Å². The molecule has 0 radical (unpaired) electrons. The summed E-state index contributed by atoms with van der Waals surface area (Å²) in [5, 5.41) is 0. The highest BCUT2D eigenvalue weighted by Crippen LogP contribution is 2.34. The predicted octanol–water partition coefficient (Wildman–Crippen LogP) is 3.54. The Kier molecular flexibility index (Phi) is 4.93. The minimum absolute atomic E-state index is 0.0478. The first-order valence-electron chi connectivity index (χ1n) is 9.33. The number of nitrogens with zero attached hydrogens (tertiary/aromatic N) is 3. The number of alkyl halides is 1. The van der Waals surface area contributed by atoms with E-state index in [2.05, 4.69) is 9.55 Å². The van der Waals surface area contributed by atoms with Crippen molar-refractivity contribution in [2.24, 2.45) is 0 Å². The van der Waals surface area contributed by atoms with Gasteiger partial charge in [-0.3, -0.25) is 4.79 Å². The highest BCUT2D eigenvalue weighted by atomic mass is 35.5. The smallest absolute Gasteiger partial charge is 0.238 e. The number of imidazole rings is 1. The molecule has 1 aromatic heterocycles. The monoisotopic (exact) mass is 393 g/mol. The van der Waals surface area contributed by atoms with Crippen molar-refractivity contribution < 1.29 is 13.6 Å². The Balaban J connectivity index is 1.68. The molecular formula is C20H22ClF2N3O. The summed E-state index contributed by atoms with van der Waals surface area (Å²) in [6.45, 7) is 2.62. The van der Waals surface area contributed by atoms with E-state index in [1.54, 1.807) is 17.4 Å². The van der Waals surface area contributed by atoms with Crippen molar-refractivity contribution in [3.05, 3.63) is 52.1 Å². The maximum atomic E-state index is 14.8. The van der Waals surface area contributed by atoms with Gasteiger partial charge < -0.3 is 9.47 Å². The van der Waals surface area contributed by atoms with Crippen LogP contribution < -0.4 is 0 Å². The molecule has 1 atom stereocenters. The normalized spacial score (nSPS) is 18.3. The molecule has 144 valence electrons. The van der Waals surface area contributed by atoms with Gasteiger partial charge in [-0.1, -0.05) is 0 Å². The van der Waals surface area contributed by atoms with E-state index < -0.39 is 11.6 Å². The highest BCUT2D eigenvalue weighted by Gasteiger charge is 2.31. The molecule has 4 rings (SSSR count). The van der Waals surface area contributed by atoms with Crippen LogP contribution in [0, 0.1) is 18.6 Å². The van der Waals surface area contributed by atoms with Crippen molar-refractivity contribution in [1.82, 2.24) is 14.5 Å². The summed E-state index contributed by atoms with van der Waals surface area (Å²) in [7, 11) is 0. The van der Waals surface area contributed by atoms with E-state index in [-0.39, 0.29) is 29.9 Å². The van der Waals surface area contributed by atoms with Gasteiger partial charge in [0.25, 0.3) is 0 Å². The summed E-state index contributed by atoms with van der Waals surface area (Å²) < 4.78 is 31.5. The first kappa shape index (κ1) is 18.4. The predicted molar refractivity (Wildman–Crippen MR) is 98.7 cm³/mol. The fourth-order valence-electron chi connectivity index (χ4n) is 4.48. The third kappa shape index (κ3) is 3.14. The van der Waals surface area contributed by atoms with Gasteiger partial charge in [-0.2, -0.15) is 0 Å². The van der Waals surface area contributed by atoms with E-state index in [4.69, 9.17) is 11.6 Å². The van der Waals surface area contributed by atoms with Crippen LogP contribution in [0.4, 0.5) is 8.78 Å². The van der Waals surface area contributed by atoms with E-state index in [1.165, 1.54) is 0 Å². The summed E-state index contributed by atoms with van der Waals surface area (Å²) in [5.41, 5.74) is 3.51. The number of hydrogen-bond acceptors (Lipinski definition) is 2. The van der Waals surface area contributed by atoms with Gasteiger partial charge >= 0.3 is 0 Å². The van der Waals surface area contributed by atoms with Crippen molar-refractivity contribution in [3.63, 3.8) is 0 Å². The summed E-state index contributed by atoms with van der Waals surface area (Å²) in [5.74, 6) is -2.00. The number of aryl methyl sites for hydroxylation is 1. The van der Waals surface area contributed by atoms with Gasteiger partial charge in [0.05, 0.1) is 6.33 Å². The van der Waals surface area contributed by atoms with E-state index in [0.717, 1.165) is 42.6 Å². The maximum Gasteiger partial charge on any atom is 0.238 e. The Hall–Kier alpha value is -1.95. The molecule has 1 aliphatic heterocycles. The second-order valence-corrected chi connectivity index (χ2v) is 7.69. The minimum atomic E-state index is -0.818. The Morgan fingerprint density at radius 3 is 2.89 bits per heavy atom. The highest BCUT2D eigenvalue weighted by molar-refractivity contribution is 6.27. The quantitative estimate of drug-likeness (QED) is 0.745. The number of carbonyl (C=O) groups excluding carboxylic acids is 1. The molecule has 2 heterocycles. The van der Waals surface area contributed by atoms with Crippen LogP contribution in [0.5, 0.6) is 0 Å². The van der Waals surface area contributed by atoms with Crippen LogP contribution in [0.15, 0.2) is 12.5 Å².